The van der Waals surface area contributed by atoms with Crippen LogP contribution < -0.4 is 15.8 Å². The molecule has 1 amide bonds. The summed E-state index contributed by atoms with van der Waals surface area (Å²) in [7, 11) is -3.88. The third-order valence-corrected chi connectivity index (χ3v) is 4.27. The number of carbonyl (C=O) groups excluding carboxylic acids is 1. The van der Waals surface area contributed by atoms with Crippen molar-refractivity contribution in [2.45, 2.75) is 25.8 Å². The highest BCUT2D eigenvalue weighted by atomic mass is 32.2. The van der Waals surface area contributed by atoms with Gasteiger partial charge < -0.3 is 10.5 Å². The molecule has 2 aromatic carbocycles. The van der Waals surface area contributed by atoms with E-state index in [9.17, 15) is 17.6 Å². The average Bonchev–Trinajstić information content (AvgIpc) is 2.57. The van der Waals surface area contributed by atoms with Gasteiger partial charge in [0.15, 0.2) is 0 Å². The van der Waals surface area contributed by atoms with E-state index in [0.29, 0.717) is 11.3 Å². The molecule has 0 heterocycles. The molecule has 0 radical (unpaired) electrons. The van der Waals surface area contributed by atoms with Gasteiger partial charge in [0, 0.05) is 6.54 Å². The number of ether oxygens (including phenoxy) is 1. The molecular weight excluding hydrogens is 375 g/mol. The number of amides is 1. The number of hydrogen-bond acceptors (Lipinski definition) is 6. The summed E-state index contributed by atoms with van der Waals surface area (Å²) in [5.74, 6) is -0.706. The van der Waals surface area contributed by atoms with E-state index in [1.165, 1.54) is 19.1 Å². The van der Waals surface area contributed by atoms with Crippen LogP contribution in [0, 0.1) is 5.82 Å². The summed E-state index contributed by atoms with van der Waals surface area (Å²) < 4.78 is 46.1. The molecule has 2 rings (SSSR count). The maximum atomic E-state index is 13.1. The van der Waals surface area contributed by atoms with E-state index in [2.05, 4.69) is 5.32 Å². The van der Waals surface area contributed by atoms with Crippen molar-refractivity contribution in [3.63, 3.8) is 0 Å². The van der Waals surface area contributed by atoms with Gasteiger partial charge in [-0.1, -0.05) is 24.3 Å². The van der Waals surface area contributed by atoms with Crippen molar-refractivity contribution in [2.75, 3.05) is 6.26 Å². The fraction of sp³-hybridized carbons (Fsp3) is 0.278. The SMILES string of the molecule is CC(NCc1ccc(OCc2cccc(F)c2)cc1)(OS(C)(=O)=O)C(N)=O. The van der Waals surface area contributed by atoms with E-state index in [4.69, 9.17) is 14.7 Å². The van der Waals surface area contributed by atoms with Crippen molar-refractivity contribution >= 4 is 16.0 Å². The summed E-state index contributed by atoms with van der Waals surface area (Å²) in [6.45, 7) is 1.60. The van der Waals surface area contributed by atoms with Crippen LogP contribution in [0.4, 0.5) is 4.39 Å². The first kappa shape index (κ1) is 20.8. The van der Waals surface area contributed by atoms with Crippen LogP contribution >= 0.6 is 0 Å². The van der Waals surface area contributed by atoms with Crippen molar-refractivity contribution in [2.24, 2.45) is 5.73 Å². The highest BCUT2D eigenvalue weighted by Crippen LogP contribution is 2.16. The Labute approximate surface area is 157 Å². The lowest BCUT2D eigenvalue weighted by Gasteiger charge is -2.26. The molecule has 0 aliphatic carbocycles. The number of rotatable bonds is 9. The van der Waals surface area contributed by atoms with Crippen LogP contribution in [-0.4, -0.2) is 26.3 Å². The molecule has 1 atom stereocenters. The molecule has 9 heteroatoms. The van der Waals surface area contributed by atoms with Gasteiger partial charge in [-0.05, 0) is 42.3 Å². The molecule has 0 fully saturated rings. The first-order chi connectivity index (χ1) is 12.6. The topological polar surface area (TPSA) is 108 Å². The van der Waals surface area contributed by atoms with Gasteiger partial charge in [-0.3, -0.25) is 10.1 Å². The standard InChI is InChI=1S/C18H21FN2O5S/c1-18(17(20)22,26-27(2,23)24)21-11-13-6-8-16(9-7-13)25-12-14-4-3-5-15(19)10-14/h3-10,21H,11-12H2,1-2H3,(H2,20,22). The summed E-state index contributed by atoms with van der Waals surface area (Å²) in [5, 5.41) is 2.69. The van der Waals surface area contributed by atoms with Gasteiger partial charge in [0.2, 0.25) is 5.72 Å². The largest absolute Gasteiger partial charge is 0.489 e. The van der Waals surface area contributed by atoms with E-state index >= 15 is 0 Å². The molecule has 7 nitrogen and oxygen atoms in total. The quantitative estimate of drug-likeness (QED) is 0.493. The molecule has 2 aromatic rings. The van der Waals surface area contributed by atoms with E-state index < -0.39 is 21.8 Å². The maximum absolute atomic E-state index is 13.1. The minimum atomic E-state index is -3.88. The minimum absolute atomic E-state index is 0.138. The van der Waals surface area contributed by atoms with Gasteiger partial charge in [-0.15, -0.1) is 0 Å². The Balaban J connectivity index is 1.95. The summed E-state index contributed by atoms with van der Waals surface area (Å²) >= 11 is 0. The second-order valence-electron chi connectivity index (χ2n) is 6.10. The Hall–Kier alpha value is -2.49. The third-order valence-electron chi connectivity index (χ3n) is 3.64. The van der Waals surface area contributed by atoms with Crippen LogP contribution in [0.5, 0.6) is 5.75 Å². The predicted molar refractivity (Wildman–Crippen MR) is 97.5 cm³/mol. The summed E-state index contributed by atoms with van der Waals surface area (Å²) in [6, 6.07) is 13.0. The normalized spacial score (nSPS) is 13.7. The first-order valence-corrected chi connectivity index (χ1v) is 9.81. The van der Waals surface area contributed by atoms with Crippen LogP contribution in [0.25, 0.3) is 0 Å². The van der Waals surface area contributed by atoms with Crippen molar-refractivity contribution in [1.82, 2.24) is 5.32 Å². The second-order valence-corrected chi connectivity index (χ2v) is 7.68. The van der Waals surface area contributed by atoms with E-state index in [0.717, 1.165) is 11.8 Å². The fourth-order valence-corrected chi connectivity index (χ4v) is 2.97. The Kier molecular flexibility index (Phi) is 6.53. The number of nitrogens with one attached hydrogen (secondary N) is 1. The summed E-state index contributed by atoms with van der Waals surface area (Å²) in [6.07, 6.45) is 0.834. The molecule has 27 heavy (non-hydrogen) atoms. The fourth-order valence-electron chi connectivity index (χ4n) is 2.23. The molecule has 0 aliphatic rings. The molecule has 0 aromatic heterocycles. The van der Waals surface area contributed by atoms with Crippen LogP contribution in [0.3, 0.4) is 0 Å². The molecule has 0 bridgehead atoms. The Morgan fingerprint density at radius 1 is 1.19 bits per heavy atom. The Morgan fingerprint density at radius 3 is 2.41 bits per heavy atom. The Bertz CT molecular complexity index is 902. The average molecular weight is 396 g/mol. The van der Waals surface area contributed by atoms with Crippen molar-refractivity contribution in [3.05, 3.63) is 65.5 Å². The predicted octanol–water partition coefficient (Wildman–Crippen LogP) is 1.67. The lowest BCUT2D eigenvalue weighted by molar-refractivity contribution is -0.134. The van der Waals surface area contributed by atoms with Gasteiger partial charge in [-0.25, -0.2) is 8.57 Å². The number of hydrogen-bond donors (Lipinski definition) is 2. The zero-order valence-electron chi connectivity index (χ0n) is 14.9. The molecule has 0 spiro atoms. The molecule has 1 unspecified atom stereocenters. The Morgan fingerprint density at radius 2 is 1.85 bits per heavy atom. The van der Waals surface area contributed by atoms with Gasteiger partial charge in [0.05, 0.1) is 6.26 Å². The summed E-state index contributed by atoms with van der Waals surface area (Å²) in [4.78, 5) is 11.5. The lowest BCUT2D eigenvalue weighted by Crippen LogP contribution is -2.55. The zero-order valence-corrected chi connectivity index (χ0v) is 15.8. The second kappa shape index (κ2) is 8.47. The molecule has 0 saturated heterocycles. The van der Waals surface area contributed by atoms with Gasteiger partial charge in [0.1, 0.15) is 18.2 Å². The molecule has 146 valence electrons. The molecular formula is C18H21FN2O5S. The maximum Gasteiger partial charge on any atom is 0.266 e. The monoisotopic (exact) mass is 396 g/mol. The minimum Gasteiger partial charge on any atom is -0.489 e. The smallest absolute Gasteiger partial charge is 0.266 e. The van der Waals surface area contributed by atoms with E-state index in [-0.39, 0.29) is 19.0 Å². The van der Waals surface area contributed by atoms with Gasteiger partial charge in [0.25, 0.3) is 16.0 Å². The van der Waals surface area contributed by atoms with Gasteiger partial charge >= 0.3 is 0 Å². The van der Waals surface area contributed by atoms with Crippen molar-refractivity contribution in [3.8, 4) is 5.75 Å². The van der Waals surface area contributed by atoms with Crippen LogP contribution in [0.15, 0.2) is 48.5 Å². The number of carbonyl (C=O) groups is 1. The van der Waals surface area contributed by atoms with Crippen molar-refractivity contribution < 1.29 is 26.5 Å². The van der Waals surface area contributed by atoms with E-state index in [1.807, 2.05) is 0 Å². The van der Waals surface area contributed by atoms with Gasteiger partial charge in [-0.2, -0.15) is 8.42 Å². The third kappa shape index (κ3) is 6.63. The highest BCUT2D eigenvalue weighted by molar-refractivity contribution is 7.86. The zero-order chi connectivity index (χ0) is 20.1. The van der Waals surface area contributed by atoms with Crippen LogP contribution in [-0.2, 0) is 32.2 Å². The number of halogens is 1. The van der Waals surface area contributed by atoms with Crippen LogP contribution in [0.2, 0.25) is 0 Å². The molecule has 3 N–H and O–H groups in total. The highest BCUT2D eigenvalue weighted by Gasteiger charge is 2.35. The lowest BCUT2D eigenvalue weighted by atomic mass is 10.2. The van der Waals surface area contributed by atoms with Crippen LogP contribution in [0.1, 0.15) is 18.1 Å². The first-order valence-electron chi connectivity index (χ1n) is 7.99. The number of benzene rings is 2. The van der Waals surface area contributed by atoms with Crippen molar-refractivity contribution in [1.29, 1.82) is 0 Å². The molecule has 0 aliphatic heterocycles. The number of primary amides is 1. The molecule has 0 saturated carbocycles. The van der Waals surface area contributed by atoms with E-state index in [1.54, 1.807) is 36.4 Å². The number of nitrogens with two attached hydrogens (primary N) is 1. The summed E-state index contributed by atoms with van der Waals surface area (Å²) in [5.41, 5.74) is 4.83.